The molecule has 1 saturated heterocycles. The minimum absolute atomic E-state index is 0.134. The van der Waals surface area contributed by atoms with Crippen molar-refractivity contribution in [3.8, 4) is 5.75 Å². The van der Waals surface area contributed by atoms with E-state index in [1.807, 2.05) is 36.4 Å². The number of H-pyrrole nitrogens is 1. The predicted octanol–water partition coefficient (Wildman–Crippen LogP) is 4.86. The van der Waals surface area contributed by atoms with Crippen molar-refractivity contribution in [2.24, 2.45) is 0 Å². The molecule has 1 N–H and O–H groups in total. The highest BCUT2D eigenvalue weighted by atomic mass is 16.6. The van der Waals surface area contributed by atoms with Gasteiger partial charge in [-0.1, -0.05) is 48.5 Å². The summed E-state index contributed by atoms with van der Waals surface area (Å²) in [5.74, 6) is 1.73. The Kier molecular flexibility index (Phi) is 7.23. The number of allylic oxidation sites excluding steroid dienone is 3. The summed E-state index contributed by atoms with van der Waals surface area (Å²) in [7, 11) is 3.37. The zero-order valence-electron chi connectivity index (χ0n) is 22.6. The molecule has 1 aliphatic carbocycles. The monoisotopic (exact) mass is 540 g/mol. The van der Waals surface area contributed by atoms with Crippen molar-refractivity contribution in [2.75, 3.05) is 20.8 Å². The molecule has 2 aromatic heterocycles. The second-order valence-corrected chi connectivity index (χ2v) is 10.0. The molecule has 9 heteroatoms. The maximum Gasteiger partial charge on any atom is 0.363 e. The van der Waals surface area contributed by atoms with Crippen LogP contribution in [0.2, 0.25) is 0 Å². The summed E-state index contributed by atoms with van der Waals surface area (Å²) in [6, 6.07) is 18.4. The van der Waals surface area contributed by atoms with Gasteiger partial charge in [0.1, 0.15) is 11.4 Å². The molecule has 1 fully saturated rings. The molecule has 0 saturated carbocycles. The van der Waals surface area contributed by atoms with Crippen molar-refractivity contribution in [1.29, 1.82) is 0 Å². The van der Waals surface area contributed by atoms with E-state index in [9.17, 15) is 4.79 Å². The highest BCUT2D eigenvalue weighted by Crippen LogP contribution is 2.45. The van der Waals surface area contributed by atoms with Crippen molar-refractivity contribution >= 4 is 5.52 Å². The number of nitrogens with zero attached hydrogens (tertiary/aromatic N) is 3. The highest BCUT2D eigenvalue weighted by Gasteiger charge is 2.41. The number of aromatic nitrogens is 4. The largest absolute Gasteiger partial charge is 0.501 e. The summed E-state index contributed by atoms with van der Waals surface area (Å²) < 4.78 is 25.8. The lowest BCUT2D eigenvalue weighted by Crippen LogP contribution is -2.37. The quantitative estimate of drug-likeness (QED) is 0.324. The first-order valence-electron chi connectivity index (χ1n) is 13.5. The van der Waals surface area contributed by atoms with Gasteiger partial charge in [0.2, 0.25) is 0 Å². The second-order valence-electron chi connectivity index (χ2n) is 10.0. The Labute approximate surface area is 232 Å². The maximum atomic E-state index is 12.1. The number of benzene rings is 2. The van der Waals surface area contributed by atoms with Gasteiger partial charge in [-0.15, -0.1) is 0 Å². The molecule has 3 atom stereocenters. The van der Waals surface area contributed by atoms with Crippen LogP contribution < -0.4 is 10.4 Å². The van der Waals surface area contributed by atoms with E-state index in [1.165, 1.54) is 4.52 Å². The number of ether oxygens (including phenoxy) is 4. The average Bonchev–Trinajstić information content (AvgIpc) is 3.67. The van der Waals surface area contributed by atoms with Gasteiger partial charge in [-0.05, 0) is 54.2 Å². The molecule has 2 aromatic carbocycles. The van der Waals surface area contributed by atoms with Crippen LogP contribution in [0.4, 0.5) is 0 Å². The van der Waals surface area contributed by atoms with E-state index >= 15 is 0 Å². The number of rotatable bonds is 9. The van der Waals surface area contributed by atoms with Crippen LogP contribution in [-0.4, -0.2) is 46.7 Å². The number of methoxy groups -OCH3 is 2. The zero-order chi connectivity index (χ0) is 27.5. The molecule has 206 valence electrons. The topological polar surface area (TPSA) is 100.0 Å². The number of nitrogens with one attached hydrogen (secondary N) is 1. The van der Waals surface area contributed by atoms with Gasteiger partial charge < -0.3 is 18.9 Å². The summed E-state index contributed by atoms with van der Waals surface area (Å²) in [6.45, 7) is 0.383. The lowest BCUT2D eigenvalue weighted by Gasteiger charge is -2.39. The highest BCUT2D eigenvalue weighted by molar-refractivity contribution is 5.52. The van der Waals surface area contributed by atoms with E-state index in [1.54, 1.807) is 26.6 Å². The van der Waals surface area contributed by atoms with Gasteiger partial charge in [0.05, 0.1) is 56.7 Å². The minimum Gasteiger partial charge on any atom is -0.501 e. The van der Waals surface area contributed by atoms with E-state index in [4.69, 9.17) is 18.9 Å². The summed E-state index contributed by atoms with van der Waals surface area (Å²) in [5.41, 5.74) is 3.52. The number of hydrogen-bond acceptors (Lipinski definition) is 7. The van der Waals surface area contributed by atoms with Crippen molar-refractivity contribution in [3.63, 3.8) is 0 Å². The van der Waals surface area contributed by atoms with Crippen molar-refractivity contribution in [1.82, 2.24) is 19.8 Å². The predicted molar refractivity (Wildman–Crippen MR) is 149 cm³/mol. The lowest BCUT2D eigenvalue weighted by molar-refractivity contribution is -0.0648. The molecular formula is C31H32N4O5. The Bertz CT molecular complexity index is 1590. The van der Waals surface area contributed by atoms with Crippen LogP contribution in [0.5, 0.6) is 5.75 Å². The summed E-state index contributed by atoms with van der Waals surface area (Å²) >= 11 is 0. The standard InChI is InChI=1S/C31H32N4O5/c1-37-24-12-8-22(9-13-24)31(21-6-4-3-5-7-21,23-10-14-25(38-2)15-11-23)39-20-26-16-17-29(40-26)27-18-33-35-28(27)19-32-34-30(35)36/h3-10,12-14,18-19,26,29H,11,15-17,20H2,1-2H3,(H,34,36). The zero-order valence-corrected chi connectivity index (χ0v) is 22.6. The van der Waals surface area contributed by atoms with E-state index in [-0.39, 0.29) is 17.9 Å². The first kappa shape index (κ1) is 26.0. The van der Waals surface area contributed by atoms with Crippen LogP contribution in [0.25, 0.3) is 5.52 Å². The van der Waals surface area contributed by atoms with Crippen LogP contribution in [0.1, 0.15) is 48.5 Å². The fraction of sp³-hybridized carbons (Fsp3) is 0.323. The normalized spacial score (nSPS) is 20.6. The number of hydrogen-bond donors (Lipinski definition) is 1. The molecule has 40 heavy (non-hydrogen) atoms. The van der Waals surface area contributed by atoms with Gasteiger partial charge in [0.15, 0.2) is 0 Å². The Hall–Kier alpha value is -4.21. The van der Waals surface area contributed by atoms with E-state index in [0.717, 1.165) is 59.5 Å². The molecule has 9 nitrogen and oxygen atoms in total. The SMILES string of the molecule is COC1=CC=C(C(OCC2CCC(c3cnn4c(=O)[nH]ncc34)O2)(c2ccccc2)c2ccc(OC)cc2)CC1. The van der Waals surface area contributed by atoms with E-state index < -0.39 is 5.60 Å². The lowest BCUT2D eigenvalue weighted by atomic mass is 9.76. The Morgan fingerprint density at radius 2 is 1.77 bits per heavy atom. The molecular weight excluding hydrogens is 508 g/mol. The number of fused-ring (bicyclic) bond motifs is 1. The molecule has 3 heterocycles. The number of aromatic amines is 1. The van der Waals surface area contributed by atoms with Gasteiger partial charge in [-0.3, -0.25) is 0 Å². The van der Waals surface area contributed by atoms with Gasteiger partial charge in [-0.25, -0.2) is 9.89 Å². The first-order chi connectivity index (χ1) is 19.6. The fourth-order valence-electron chi connectivity index (χ4n) is 5.76. The molecule has 6 rings (SSSR count). The molecule has 0 spiro atoms. The van der Waals surface area contributed by atoms with Crippen LogP contribution in [0.15, 0.2) is 95.3 Å². The summed E-state index contributed by atoms with van der Waals surface area (Å²) in [6.07, 6.45) is 10.3. The van der Waals surface area contributed by atoms with Crippen molar-refractivity contribution in [3.05, 3.63) is 118 Å². The third-order valence-corrected chi connectivity index (χ3v) is 7.82. The smallest absolute Gasteiger partial charge is 0.363 e. The van der Waals surface area contributed by atoms with E-state index in [0.29, 0.717) is 12.1 Å². The molecule has 2 aliphatic rings. The Morgan fingerprint density at radius 3 is 2.50 bits per heavy atom. The van der Waals surface area contributed by atoms with Gasteiger partial charge in [0.25, 0.3) is 0 Å². The maximum absolute atomic E-state index is 12.1. The average molecular weight is 541 g/mol. The van der Waals surface area contributed by atoms with Crippen LogP contribution in [0, 0.1) is 0 Å². The third kappa shape index (κ3) is 4.71. The summed E-state index contributed by atoms with van der Waals surface area (Å²) in [5, 5.41) is 10.6. The van der Waals surface area contributed by atoms with Crippen molar-refractivity contribution < 1.29 is 18.9 Å². The van der Waals surface area contributed by atoms with Crippen LogP contribution >= 0.6 is 0 Å². The van der Waals surface area contributed by atoms with Crippen molar-refractivity contribution in [2.45, 2.75) is 43.5 Å². The fourth-order valence-corrected chi connectivity index (χ4v) is 5.76. The van der Waals surface area contributed by atoms with Gasteiger partial charge in [-0.2, -0.15) is 14.7 Å². The van der Waals surface area contributed by atoms with Crippen LogP contribution in [-0.2, 0) is 19.8 Å². The molecule has 0 radical (unpaired) electrons. The van der Waals surface area contributed by atoms with E-state index in [2.05, 4.69) is 45.6 Å². The van der Waals surface area contributed by atoms with Gasteiger partial charge in [0, 0.05) is 12.0 Å². The molecule has 4 aromatic rings. The molecule has 1 aliphatic heterocycles. The molecule has 0 amide bonds. The molecule has 0 bridgehead atoms. The van der Waals surface area contributed by atoms with Crippen LogP contribution in [0.3, 0.4) is 0 Å². The van der Waals surface area contributed by atoms with Gasteiger partial charge >= 0.3 is 5.69 Å². The second kappa shape index (κ2) is 11.1. The summed E-state index contributed by atoms with van der Waals surface area (Å²) in [4.78, 5) is 12.1. The Morgan fingerprint density at radius 1 is 0.975 bits per heavy atom. The Balaban J connectivity index is 1.34. The minimum atomic E-state index is -0.827. The third-order valence-electron chi connectivity index (χ3n) is 7.82. The molecule has 3 unspecified atom stereocenters. The first-order valence-corrected chi connectivity index (χ1v) is 13.5.